The van der Waals surface area contributed by atoms with Gasteiger partial charge < -0.3 is 19.5 Å². The number of ketones is 1. The van der Waals surface area contributed by atoms with Gasteiger partial charge in [-0.1, -0.05) is 53.1 Å². The van der Waals surface area contributed by atoms with E-state index in [1.54, 1.807) is 36.4 Å². The van der Waals surface area contributed by atoms with Gasteiger partial charge in [0.2, 0.25) is 0 Å². The van der Waals surface area contributed by atoms with Crippen LogP contribution in [0.15, 0.2) is 64.8 Å². The molecule has 1 atom stereocenters. The lowest BCUT2D eigenvalue weighted by Gasteiger charge is -2.31. The number of amides is 1. The van der Waals surface area contributed by atoms with Crippen LogP contribution in [0.3, 0.4) is 0 Å². The van der Waals surface area contributed by atoms with Crippen molar-refractivity contribution in [3.63, 3.8) is 0 Å². The predicted molar refractivity (Wildman–Crippen MR) is 144 cm³/mol. The first kappa shape index (κ1) is 26.6. The Kier molecular flexibility index (Phi) is 6.76. The van der Waals surface area contributed by atoms with E-state index in [4.69, 9.17) is 16.0 Å². The number of phenolic OH excluding ortho intramolecular Hbond substituents is 1. The number of likely N-dealkylation sites (tertiary alicyclic amines) is 1. The second kappa shape index (κ2) is 9.42. The first-order valence-electron chi connectivity index (χ1n) is 12.1. The van der Waals surface area contributed by atoms with E-state index >= 15 is 0 Å². The van der Waals surface area contributed by atoms with Crippen LogP contribution < -0.4 is 0 Å². The van der Waals surface area contributed by atoms with Gasteiger partial charge in [0.15, 0.2) is 0 Å². The van der Waals surface area contributed by atoms with E-state index in [1.165, 1.54) is 11.2 Å². The molecule has 1 fully saturated rings. The molecular weight excluding hydrogens is 490 g/mol. The third-order valence-corrected chi connectivity index (χ3v) is 6.88. The van der Waals surface area contributed by atoms with Crippen molar-refractivity contribution in [3.8, 4) is 5.75 Å². The summed E-state index contributed by atoms with van der Waals surface area (Å²) in [7, 11) is 0. The fraction of sp³-hybridized carbons (Fsp3) is 0.333. The summed E-state index contributed by atoms with van der Waals surface area (Å²) in [5, 5.41) is 23.1. The number of nitrogens with zero attached hydrogens (tertiary/aromatic N) is 1. The van der Waals surface area contributed by atoms with Crippen LogP contribution in [0.25, 0.3) is 5.76 Å². The van der Waals surface area contributed by atoms with Crippen LogP contribution >= 0.6 is 11.6 Å². The monoisotopic (exact) mass is 521 g/mol. The lowest BCUT2D eigenvalue weighted by Crippen LogP contribution is -2.29. The molecule has 1 unspecified atom stereocenters. The number of hydrogen-bond acceptors (Lipinski definition) is 5. The summed E-state index contributed by atoms with van der Waals surface area (Å²) in [6, 6.07) is 12.6. The highest BCUT2D eigenvalue weighted by Crippen LogP contribution is 2.46. The van der Waals surface area contributed by atoms with Crippen molar-refractivity contribution >= 4 is 29.1 Å². The Hall–Kier alpha value is -3.51. The molecule has 1 aliphatic rings. The van der Waals surface area contributed by atoms with Crippen LogP contribution in [0, 0.1) is 0 Å². The molecule has 3 aromatic rings. The smallest absolute Gasteiger partial charge is 0.296 e. The molecule has 0 spiro atoms. The molecule has 1 aliphatic heterocycles. The van der Waals surface area contributed by atoms with Gasteiger partial charge in [-0.05, 0) is 76.1 Å². The second-order valence-electron chi connectivity index (χ2n) is 11.5. The summed E-state index contributed by atoms with van der Waals surface area (Å²) in [5.74, 6) is -1.12. The van der Waals surface area contributed by atoms with E-state index in [1.807, 2.05) is 53.7 Å². The van der Waals surface area contributed by atoms with E-state index in [2.05, 4.69) is 0 Å². The Balaban J connectivity index is 2.02. The SMILES string of the molecule is CC(C)(C)c1cc(C2C(=C(O)c3ccc(Cl)cc3)C(=O)C(=O)N2Cc2ccco2)cc(C(C)(C)C)c1O. The summed E-state index contributed by atoms with van der Waals surface area (Å²) in [5.41, 5.74) is 1.48. The number of benzene rings is 2. The number of aromatic hydroxyl groups is 1. The van der Waals surface area contributed by atoms with Crippen LogP contribution in [-0.2, 0) is 27.0 Å². The van der Waals surface area contributed by atoms with Crippen LogP contribution in [0.5, 0.6) is 5.75 Å². The molecule has 2 aromatic carbocycles. The van der Waals surface area contributed by atoms with E-state index in [-0.39, 0.29) is 23.6 Å². The van der Waals surface area contributed by atoms with Crippen molar-refractivity contribution in [1.29, 1.82) is 0 Å². The Morgan fingerprint density at radius 3 is 2.03 bits per heavy atom. The first-order chi connectivity index (χ1) is 17.2. The lowest BCUT2D eigenvalue weighted by atomic mass is 9.77. The standard InChI is InChI=1S/C30H32ClNO5/c1-29(2,3)21-14-18(15-22(26(21)34)30(4,5)6)24-23(25(33)17-9-11-19(31)12-10-17)27(35)28(36)32(24)16-20-8-7-13-37-20/h7-15,24,33-34H,16H2,1-6H3. The van der Waals surface area contributed by atoms with Gasteiger partial charge in [-0.15, -0.1) is 0 Å². The van der Waals surface area contributed by atoms with E-state index in [0.29, 0.717) is 33.0 Å². The summed E-state index contributed by atoms with van der Waals surface area (Å²) < 4.78 is 5.49. The number of rotatable bonds is 4. The zero-order valence-corrected chi connectivity index (χ0v) is 22.7. The van der Waals surface area contributed by atoms with Gasteiger partial charge in [0.05, 0.1) is 24.4 Å². The Morgan fingerprint density at radius 1 is 0.973 bits per heavy atom. The van der Waals surface area contributed by atoms with Gasteiger partial charge in [0.1, 0.15) is 17.3 Å². The molecule has 37 heavy (non-hydrogen) atoms. The Morgan fingerprint density at radius 2 is 1.54 bits per heavy atom. The molecule has 0 saturated carbocycles. The summed E-state index contributed by atoms with van der Waals surface area (Å²) in [4.78, 5) is 28.2. The minimum Gasteiger partial charge on any atom is -0.507 e. The minimum atomic E-state index is -0.899. The molecule has 0 aliphatic carbocycles. The van der Waals surface area contributed by atoms with E-state index in [0.717, 1.165) is 0 Å². The van der Waals surface area contributed by atoms with E-state index < -0.39 is 28.6 Å². The molecule has 1 amide bonds. The third kappa shape index (κ3) is 5.03. The molecule has 6 nitrogen and oxygen atoms in total. The minimum absolute atomic E-state index is 0.0238. The number of phenols is 1. The normalized spacial score (nSPS) is 18.0. The zero-order valence-electron chi connectivity index (χ0n) is 21.9. The Bertz CT molecular complexity index is 1340. The van der Waals surface area contributed by atoms with Gasteiger partial charge in [0.25, 0.3) is 11.7 Å². The van der Waals surface area contributed by atoms with Crippen molar-refractivity contribution in [2.75, 3.05) is 0 Å². The number of carbonyl (C=O) groups excluding carboxylic acids is 2. The summed E-state index contributed by atoms with van der Waals surface area (Å²) >= 11 is 6.03. The molecule has 2 N–H and O–H groups in total. The highest BCUT2D eigenvalue weighted by atomic mass is 35.5. The fourth-order valence-corrected chi connectivity index (χ4v) is 4.81. The first-order valence-corrected chi connectivity index (χ1v) is 12.5. The maximum Gasteiger partial charge on any atom is 0.296 e. The van der Waals surface area contributed by atoms with Crippen molar-refractivity contribution in [2.45, 2.75) is 65.0 Å². The average Bonchev–Trinajstić information content (AvgIpc) is 3.40. The fourth-order valence-electron chi connectivity index (χ4n) is 4.68. The van der Waals surface area contributed by atoms with Crippen LogP contribution in [0.4, 0.5) is 0 Å². The molecular formula is C30H32ClNO5. The topological polar surface area (TPSA) is 91.0 Å². The number of hydrogen-bond donors (Lipinski definition) is 2. The summed E-state index contributed by atoms with van der Waals surface area (Å²) in [6.07, 6.45) is 1.50. The molecule has 1 saturated heterocycles. The predicted octanol–water partition coefficient (Wildman–Crippen LogP) is 6.86. The molecule has 7 heteroatoms. The Labute approximate surface area is 222 Å². The van der Waals surface area contributed by atoms with Gasteiger partial charge in [0, 0.05) is 10.6 Å². The third-order valence-electron chi connectivity index (χ3n) is 6.63. The van der Waals surface area contributed by atoms with Gasteiger partial charge in [-0.25, -0.2) is 0 Å². The molecule has 1 aromatic heterocycles. The average molecular weight is 522 g/mol. The maximum atomic E-state index is 13.4. The zero-order chi connectivity index (χ0) is 27.3. The largest absolute Gasteiger partial charge is 0.507 e. The van der Waals surface area contributed by atoms with Gasteiger partial charge >= 0.3 is 0 Å². The second-order valence-corrected chi connectivity index (χ2v) is 11.9. The van der Waals surface area contributed by atoms with Crippen molar-refractivity contribution in [2.24, 2.45) is 0 Å². The number of aliphatic hydroxyl groups excluding tert-OH is 1. The number of halogens is 1. The molecule has 194 valence electrons. The van der Waals surface area contributed by atoms with Crippen molar-refractivity contribution in [3.05, 3.63) is 93.4 Å². The highest BCUT2D eigenvalue weighted by molar-refractivity contribution is 6.46. The molecule has 2 heterocycles. The molecule has 0 radical (unpaired) electrons. The van der Waals surface area contributed by atoms with Crippen LogP contribution in [-0.4, -0.2) is 26.8 Å². The quantitative estimate of drug-likeness (QED) is 0.222. The van der Waals surface area contributed by atoms with Crippen LogP contribution in [0.1, 0.15) is 75.6 Å². The van der Waals surface area contributed by atoms with Crippen molar-refractivity contribution in [1.82, 2.24) is 4.90 Å². The number of aliphatic hydroxyl groups is 1. The van der Waals surface area contributed by atoms with Crippen molar-refractivity contribution < 1.29 is 24.2 Å². The highest BCUT2D eigenvalue weighted by Gasteiger charge is 2.47. The van der Waals surface area contributed by atoms with Gasteiger partial charge in [-0.2, -0.15) is 0 Å². The summed E-state index contributed by atoms with van der Waals surface area (Å²) in [6.45, 7) is 12.0. The van der Waals surface area contributed by atoms with Crippen LogP contribution in [0.2, 0.25) is 5.02 Å². The number of carbonyl (C=O) groups is 2. The van der Waals surface area contributed by atoms with E-state index in [9.17, 15) is 19.8 Å². The maximum absolute atomic E-state index is 13.4. The molecule has 0 bridgehead atoms. The molecule has 4 rings (SSSR count). The number of Topliss-reactive ketones (excluding diaryl/α,β-unsaturated/α-hetero) is 1. The van der Waals surface area contributed by atoms with Gasteiger partial charge in [-0.3, -0.25) is 9.59 Å². The lowest BCUT2D eigenvalue weighted by molar-refractivity contribution is -0.140. The number of furan rings is 1.